The van der Waals surface area contributed by atoms with Gasteiger partial charge in [-0.05, 0) is 54.7 Å². The maximum atomic E-state index is 14.4. The van der Waals surface area contributed by atoms with Gasteiger partial charge in [0.05, 0.1) is 30.7 Å². The number of phenolic OH excluding ortho intramolecular Hbond substituents is 1. The number of likely N-dealkylation sites (tertiary alicyclic amines) is 1. The summed E-state index contributed by atoms with van der Waals surface area (Å²) in [6, 6.07) is 21.6. The number of amides is 4. The van der Waals surface area contributed by atoms with Crippen molar-refractivity contribution < 1.29 is 33.8 Å². The fourth-order valence-corrected chi connectivity index (χ4v) is 9.59. The zero-order chi connectivity index (χ0) is 34.9. The molecule has 0 aromatic heterocycles. The number of nitrogens with zero attached hydrogens (tertiary/aromatic N) is 3. The number of allylic oxidation sites excluding steroid dienone is 2. The van der Waals surface area contributed by atoms with Gasteiger partial charge in [0.1, 0.15) is 18.1 Å². The second-order valence-electron chi connectivity index (χ2n) is 13.6. The second kappa shape index (κ2) is 12.1. The summed E-state index contributed by atoms with van der Waals surface area (Å²) in [5.74, 6) is -5.21. The van der Waals surface area contributed by atoms with Crippen molar-refractivity contribution in [3.63, 3.8) is 0 Å². The number of fused-ring (bicyclic) bond motifs is 4. The molecule has 10 nitrogen and oxygen atoms in total. The van der Waals surface area contributed by atoms with E-state index in [0.29, 0.717) is 30.2 Å². The Hall–Kier alpha value is -4.38. The van der Waals surface area contributed by atoms with Gasteiger partial charge in [-0.2, -0.15) is 0 Å². The van der Waals surface area contributed by atoms with Crippen LogP contribution in [-0.4, -0.2) is 76.7 Å². The minimum atomic E-state index is -2.00. The first-order chi connectivity index (χ1) is 24.0. The number of imide groups is 2. The molecule has 1 saturated carbocycles. The molecule has 4 amide bonds. The van der Waals surface area contributed by atoms with E-state index in [1.807, 2.05) is 48.5 Å². The monoisotopic (exact) mass is 715 g/mol. The van der Waals surface area contributed by atoms with Gasteiger partial charge >= 0.3 is 0 Å². The number of halogens is 2. The van der Waals surface area contributed by atoms with E-state index < -0.39 is 51.1 Å². The topological polar surface area (TPSA) is 117 Å². The molecule has 0 bridgehead atoms. The van der Waals surface area contributed by atoms with Gasteiger partial charge in [0.15, 0.2) is 9.75 Å². The number of alkyl halides is 2. The van der Waals surface area contributed by atoms with Crippen LogP contribution >= 0.6 is 23.2 Å². The van der Waals surface area contributed by atoms with Crippen LogP contribution in [0.3, 0.4) is 0 Å². The molecule has 50 heavy (non-hydrogen) atoms. The third-order valence-electron chi connectivity index (χ3n) is 11.1. The molecule has 0 radical (unpaired) electrons. The molecule has 3 aromatic carbocycles. The van der Waals surface area contributed by atoms with Gasteiger partial charge < -0.3 is 19.5 Å². The summed E-state index contributed by atoms with van der Waals surface area (Å²) in [6.07, 6.45) is 1.94. The Morgan fingerprint density at radius 3 is 2.28 bits per heavy atom. The van der Waals surface area contributed by atoms with Crippen LogP contribution in [0.25, 0.3) is 0 Å². The Labute approximate surface area is 299 Å². The van der Waals surface area contributed by atoms with Gasteiger partial charge in [-0.25, -0.2) is 0 Å². The normalized spacial score (nSPS) is 30.6. The minimum absolute atomic E-state index is 0.127. The molecule has 6 atom stereocenters. The Morgan fingerprint density at radius 2 is 1.58 bits per heavy atom. The van der Waals surface area contributed by atoms with Crippen LogP contribution in [0.2, 0.25) is 0 Å². The van der Waals surface area contributed by atoms with Crippen LogP contribution in [-0.2, 0) is 30.5 Å². The average molecular weight is 717 g/mol. The van der Waals surface area contributed by atoms with E-state index in [2.05, 4.69) is 4.90 Å². The fraction of sp³-hybridized carbons (Fsp3) is 0.368. The van der Waals surface area contributed by atoms with Crippen molar-refractivity contribution in [3.8, 4) is 11.5 Å². The van der Waals surface area contributed by atoms with Crippen LogP contribution in [0, 0.1) is 17.8 Å². The number of rotatable bonds is 6. The lowest BCUT2D eigenvalue weighted by atomic mass is 9.56. The van der Waals surface area contributed by atoms with Gasteiger partial charge in [0, 0.05) is 43.4 Å². The Balaban J connectivity index is 1.15. The van der Waals surface area contributed by atoms with E-state index in [1.165, 1.54) is 18.0 Å². The predicted octanol–water partition coefficient (Wildman–Crippen LogP) is 5.00. The molecule has 12 heteroatoms. The molecule has 6 unspecified atom stereocenters. The lowest BCUT2D eigenvalue weighted by molar-refractivity contribution is -0.138. The maximum absolute atomic E-state index is 14.4. The Bertz CT molecular complexity index is 1930. The highest BCUT2D eigenvalue weighted by atomic mass is 35.5. The predicted molar refractivity (Wildman–Crippen MR) is 186 cm³/mol. The Morgan fingerprint density at radius 1 is 0.880 bits per heavy atom. The standard InChI is InChI=1S/C38H35Cl2N3O7/c1-41-35(47)37(39)20-29-26(32(38(37,40)36(41)48)27-12-11-25(19-30(27)44)50-21-22-5-3-2-4-6-22)13-14-28-31(29)34(46)43(33(28)45)24-9-7-23(8-10-24)42-15-17-49-18-16-42/h2-13,19,28-29,31-32,44H,14-18,20-21H2,1H3. The van der Waals surface area contributed by atoms with Gasteiger partial charge in [0.25, 0.3) is 11.8 Å². The molecule has 3 heterocycles. The van der Waals surface area contributed by atoms with Crippen molar-refractivity contribution in [2.24, 2.45) is 17.8 Å². The van der Waals surface area contributed by atoms with E-state index in [0.717, 1.165) is 29.2 Å². The van der Waals surface area contributed by atoms with Crippen LogP contribution in [0.5, 0.6) is 11.5 Å². The third kappa shape index (κ3) is 4.79. The largest absolute Gasteiger partial charge is 0.508 e. The van der Waals surface area contributed by atoms with Crippen molar-refractivity contribution in [3.05, 3.63) is 95.6 Å². The summed E-state index contributed by atoms with van der Waals surface area (Å²) in [4.78, 5) is 56.4. The number of anilines is 2. The highest BCUT2D eigenvalue weighted by Gasteiger charge is 2.76. The van der Waals surface area contributed by atoms with Crippen molar-refractivity contribution in [2.45, 2.75) is 35.1 Å². The molecule has 258 valence electrons. The molecular formula is C38H35Cl2N3O7. The quantitative estimate of drug-likeness (QED) is 0.215. The molecular weight excluding hydrogens is 681 g/mol. The third-order valence-corrected chi connectivity index (χ3v) is 12.5. The molecule has 0 spiro atoms. The SMILES string of the molecule is CN1C(=O)C2(Cl)CC3C(=CCC4C(=O)N(c5ccc(N6CCOCC6)cc5)C(=O)C43)C(c3ccc(OCc4ccccc4)cc3O)C2(Cl)C1=O. The van der Waals surface area contributed by atoms with Crippen LogP contribution < -0.4 is 14.5 Å². The number of phenols is 1. The second-order valence-corrected chi connectivity index (χ2v) is 14.9. The summed E-state index contributed by atoms with van der Waals surface area (Å²) in [7, 11) is 1.34. The zero-order valence-electron chi connectivity index (χ0n) is 27.3. The van der Waals surface area contributed by atoms with E-state index in [4.69, 9.17) is 32.7 Å². The molecule has 8 rings (SSSR count). The lowest BCUT2D eigenvalue weighted by Crippen LogP contribution is -2.60. The average Bonchev–Trinajstić information content (AvgIpc) is 3.46. The van der Waals surface area contributed by atoms with Crippen LogP contribution in [0.4, 0.5) is 11.4 Å². The van der Waals surface area contributed by atoms with Crippen molar-refractivity contribution in [1.82, 2.24) is 4.90 Å². The summed E-state index contributed by atoms with van der Waals surface area (Å²) >= 11 is 14.6. The number of benzene rings is 3. The van der Waals surface area contributed by atoms with Gasteiger partial charge in [0.2, 0.25) is 11.8 Å². The van der Waals surface area contributed by atoms with Crippen molar-refractivity contribution >= 4 is 58.2 Å². The molecule has 4 fully saturated rings. The van der Waals surface area contributed by atoms with Gasteiger partial charge in [-0.3, -0.25) is 29.0 Å². The Kier molecular flexibility index (Phi) is 7.97. The molecule has 2 aliphatic carbocycles. The zero-order valence-corrected chi connectivity index (χ0v) is 28.8. The number of hydrogen-bond donors (Lipinski definition) is 1. The number of carbonyl (C=O) groups is 4. The van der Waals surface area contributed by atoms with Gasteiger partial charge in [-0.15, -0.1) is 23.2 Å². The van der Waals surface area contributed by atoms with E-state index in [1.54, 1.807) is 24.3 Å². The van der Waals surface area contributed by atoms with Gasteiger partial charge in [-0.1, -0.05) is 48.0 Å². The molecule has 3 aromatic rings. The summed E-state index contributed by atoms with van der Waals surface area (Å²) in [6.45, 7) is 3.03. The first-order valence-corrected chi connectivity index (χ1v) is 17.5. The number of morpholine rings is 1. The van der Waals surface area contributed by atoms with E-state index in [9.17, 15) is 24.3 Å². The highest BCUT2D eigenvalue weighted by molar-refractivity contribution is 6.53. The number of hydrogen-bond acceptors (Lipinski definition) is 8. The van der Waals surface area contributed by atoms with E-state index >= 15 is 0 Å². The van der Waals surface area contributed by atoms with Crippen LogP contribution in [0.1, 0.15) is 29.9 Å². The highest BCUT2D eigenvalue weighted by Crippen LogP contribution is 2.66. The number of ether oxygens (including phenoxy) is 2. The molecule has 3 saturated heterocycles. The molecule has 1 N–H and O–H groups in total. The lowest BCUT2D eigenvalue weighted by Gasteiger charge is -2.50. The first-order valence-electron chi connectivity index (χ1n) is 16.7. The number of aromatic hydroxyl groups is 1. The summed E-state index contributed by atoms with van der Waals surface area (Å²) in [5.41, 5.74) is 3.25. The molecule has 3 aliphatic heterocycles. The summed E-state index contributed by atoms with van der Waals surface area (Å²) in [5, 5.41) is 11.5. The first kappa shape index (κ1) is 32.8. The maximum Gasteiger partial charge on any atom is 0.253 e. The summed E-state index contributed by atoms with van der Waals surface area (Å²) < 4.78 is 11.4. The fourth-order valence-electron chi connectivity index (χ4n) is 8.58. The smallest absolute Gasteiger partial charge is 0.253 e. The minimum Gasteiger partial charge on any atom is -0.508 e. The van der Waals surface area contributed by atoms with Crippen molar-refractivity contribution in [2.75, 3.05) is 43.2 Å². The molecule has 5 aliphatic rings. The van der Waals surface area contributed by atoms with Crippen molar-refractivity contribution in [1.29, 1.82) is 0 Å². The van der Waals surface area contributed by atoms with Crippen LogP contribution in [0.15, 0.2) is 84.4 Å². The van der Waals surface area contributed by atoms with E-state index in [-0.39, 0.29) is 36.7 Å². The number of carbonyl (C=O) groups excluding carboxylic acids is 4.